The normalized spacial score (nSPS) is 24.2. The standard InChI is InChI=1S/C24H28FN5O6S/c1-13-8-15(6-7-16(13)25)27-21(31)19-20-17(9-29(19)3)37(34,35)28-18-10-30(11-24(18,2)12-36-20)23(33)22(32)26-14-4-5-14/h6-9,14,18,28H,4-5,10-12H2,1-3H3,(H,26,32)(H,27,31)/t18-,24-/m0/s1. The van der Waals surface area contributed by atoms with Crippen LogP contribution in [0.15, 0.2) is 29.3 Å². The van der Waals surface area contributed by atoms with Crippen molar-refractivity contribution in [3.63, 3.8) is 0 Å². The fraction of sp³-hybridized carbons (Fsp3) is 0.458. The number of hydrogen-bond donors (Lipinski definition) is 3. The highest BCUT2D eigenvalue weighted by atomic mass is 32.2. The monoisotopic (exact) mass is 533 g/mol. The van der Waals surface area contributed by atoms with Crippen LogP contribution in [-0.2, 0) is 26.7 Å². The van der Waals surface area contributed by atoms with Gasteiger partial charge >= 0.3 is 11.8 Å². The Hall–Kier alpha value is -3.45. The van der Waals surface area contributed by atoms with Gasteiger partial charge < -0.3 is 24.8 Å². The average Bonchev–Trinajstić information content (AvgIpc) is 3.49. The number of likely N-dealkylation sites (tertiary alicyclic amines) is 1. The zero-order valence-corrected chi connectivity index (χ0v) is 21.4. The Labute approximate surface area is 213 Å². The van der Waals surface area contributed by atoms with E-state index in [1.807, 2.05) is 0 Å². The molecule has 1 aromatic carbocycles. The summed E-state index contributed by atoms with van der Waals surface area (Å²) in [5.74, 6) is -2.59. The number of carbonyl (C=O) groups excluding carboxylic acids is 3. The molecule has 0 spiro atoms. The van der Waals surface area contributed by atoms with Crippen LogP contribution in [0.5, 0.6) is 5.75 Å². The zero-order chi connectivity index (χ0) is 26.7. The molecule has 1 saturated carbocycles. The Kier molecular flexibility index (Phi) is 6.02. The first-order chi connectivity index (χ1) is 17.4. The van der Waals surface area contributed by atoms with Gasteiger partial charge in [-0.15, -0.1) is 0 Å². The van der Waals surface area contributed by atoms with Gasteiger partial charge in [-0.1, -0.05) is 6.92 Å². The van der Waals surface area contributed by atoms with Crippen molar-refractivity contribution in [2.24, 2.45) is 12.5 Å². The number of nitrogens with one attached hydrogen (secondary N) is 3. The SMILES string of the molecule is Cc1cc(NC(=O)c2c3c(cn2C)S(=O)(=O)N[C@H]2CN(C(=O)C(=O)NC4CC4)C[C@@]2(C)CO3)ccc1F. The van der Waals surface area contributed by atoms with Crippen LogP contribution >= 0.6 is 0 Å². The van der Waals surface area contributed by atoms with Crippen molar-refractivity contribution in [2.45, 2.75) is 43.7 Å². The molecule has 1 aliphatic carbocycles. The number of amides is 3. The van der Waals surface area contributed by atoms with Gasteiger partial charge in [0.15, 0.2) is 11.4 Å². The summed E-state index contributed by atoms with van der Waals surface area (Å²) in [7, 11) is -2.63. The third-order valence-corrected chi connectivity index (χ3v) is 8.52. The molecule has 2 aromatic rings. The number of aromatic nitrogens is 1. The number of ether oxygens (including phenoxy) is 1. The second kappa shape index (κ2) is 8.84. The van der Waals surface area contributed by atoms with Gasteiger partial charge in [0, 0.05) is 49.5 Å². The molecule has 0 radical (unpaired) electrons. The minimum Gasteiger partial charge on any atom is -0.489 e. The molecule has 3 N–H and O–H groups in total. The molecule has 0 bridgehead atoms. The Morgan fingerprint density at radius 2 is 1.97 bits per heavy atom. The summed E-state index contributed by atoms with van der Waals surface area (Å²) in [6.07, 6.45) is 2.96. The third-order valence-electron chi connectivity index (χ3n) is 7.06. The predicted molar refractivity (Wildman–Crippen MR) is 130 cm³/mol. The number of anilines is 1. The molecule has 1 saturated heterocycles. The summed E-state index contributed by atoms with van der Waals surface area (Å²) in [5.41, 5.74) is -0.211. The number of sulfonamides is 1. The van der Waals surface area contributed by atoms with Gasteiger partial charge in [-0.2, -0.15) is 0 Å². The van der Waals surface area contributed by atoms with E-state index in [4.69, 9.17) is 4.74 Å². The van der Waals surface area contributed by atoms with Crippen LogP contribution in [0.25, 0.3) is 0 Å². The van der Waals surface area contributed by atoms with Crippen molar-refractivity contribution >= 4 is 33.4 Å². The summed E-state index contributed by atoms with van der Waals surface area (Å²) in [5, 5.41) is 5.32. The molecule has 13 heteroatoms. The molecule has 0 unspecified atom stereocenters. The molecule has 3 aliphatic rings. The van der Waals surface area contributed by atoms with Crippen molar-refractivity contribution < 1.29 is 31.9 Å². The molecular weight excluding hydrogens is 505 g/mol. The van der Waals surface area contributed by atoms with E-state index in [1.165, 1.54) is 40.9 Å². The van der Waals surface area contributed by atoms with Crippen molar-refractivity contribution in [1.82, 2.24) is 19.5 Å². The van der Waals surface area contributed by atoms with E-state index in [9.17, 15) is 27.2 Å². The summed E-state index contributed by atoms with van der Waals surface area (Å²) in [4.78, 5) is 39.3. The zero-order valence-electron chi connectivity index (χ0n) is 20.6. The van der Waals surface area contributed by atoms with E-state index in [-0.39, 0.29) is 42.1 Å². The molecule has 37 heavy (non-hydrogen) atoms. The van der Waals surface area contributed by atoms with Gasteiger partial charge in [0.1, 0.15) is 10.7 Å². The molecule has 3 heterocycles. The van der Waals surface area contributed by atoms with Gasteiger partial charge in [0.25, 0.3) is 5.91 Å². The van der Waals surface area contributed by atoms with Crippen LogP contribution in [0.3, 0.4) is 0 Å². The van der Waals surface area contributed by atoms with Crippen LogP contribution < -0.4 is 20.1 Å². The Bertz CT molecular complexity index is 1420. The lowest BCUT2D eigenvalue weighted by Gasteiger charge is -2.32. The fourth-order valence-corrected chi connectivity index (χ4v) is 6.28. The lowest BCUT2D eigenvalue weighted by atomic mass is 9.87. The van der Waals surface area contributed by atoms with Crippen molar-refractivity contribution in [2.75, 3.05) is 25.0 Å². The van der Waals surface area contributed by atoms with E-state index in [1.54, 1.807) is 13.8 Å². The van der Waals surface area contributed by atoms with Crippen molar-refractivity contribution in [3.8, 4) is 5.75 Å². The third kappa shape index (κ3) is 4.68. The summed E-state index contributed by atoms with van der Waals surface area (Å²) >= 11 is 0. The lowest BCUT2D eigenvalue weighted by Crippen LogP contribution is -2.49. The maximum Gasteiger partial charge on any atom is 0.311 e. The largest absolute Gasteiger partial charge is 0.489 e. The van der Waals surface area contributed by atoms with Crippen LogP contribution in [-0.4, -0.2) is 67.4 Å². The number of benzene rings is 1. The number of nitrogens with zero attached hydrogens (tertiary/aromatic N) is 2. The predicted octanol–water partition coefficient (Wildman–Crippen LogP) is 0.891. The molecular formula is C24H28FN5O6S. The van der Waals surface area contributed by atoms with Crippen LogP contribution in [0.4, 0.5) is 10.1 Å². The summed E-state index contributed by atoms with van der Waals surface area (Å²) < 4.78 is 50.4. The molecule has 5 rings (SSSR count). The Morgan fingerprint density at radius 3 is 2.65 bits per heavy atom. The quantitative estimate of drug-likeness (QED) is 0.501. The van der Waals surface area contributed by atoms with Crippen molar-refractivity contribution in [1.29, 1.82) is 0 Å². The number of aryl methyl sites for hydroxylation is 2. The minimum atomic E-state index is -4.16. The second-order valence-electron chi connectivity index (χ2n) is 10.3. The van der Waals surface area contributed by atoms with Crippen LogP contribution in [0, 0.1) is 18.2 Å². The highest BCUT2D eigenvalue weighted by Crippen LogP contribution is 2.39. The molecule has 2 atom stereocenters. The highest BCUT2D eigenvalue weighted by molar-refractivity contribution is 7.89. The topological polar surface area (TPSA) is 139 Å². The molecule has 1 aromatic heterocycles. The van der Waals surface area contributed by atoms with Gasteiger partial charge in [-0.25, -0.2) is 17.5 Å². The molecule has 11 nitrogen and oxygen atoms in total. The van der Waals surface area contributed by atoms with E-state index in [2.05, 4.69) is 15.4 Å². The average molecular weight is 534 g/mol. The second-order valence-corrected chi connectivity index (χ2v) is 11.9. The van der Waals surface area contributed by atoms with E-state index in [0.29, 0.717) is 11.3 Å². The molecule has 2 fully saturated rings. The van der Waals surface area contributed by atoms with Gasteiger partial charge in [0.2, 0.25) is 10.0 Å². The fourth-order valence-electron chi connectivity index (χ4n) is 4.72. The number of fused-ring (bicyclic) bond motifs is 2. The number of halogens is 1. The maximum absolute atomic E-state index is 13.6. The number of rotatable bonds is 3. The molecule has 2 aliphatic heterocycles. The van der Waals surface area contributed by atoms with E-state index >= 15 is 0 Å². The van der Waals surface area contributed by atoms with E-state index < -0.39 is 45.0 Å². The highest BCUT2D eigenvalue weighted by Gasteiger charge is 2.50. The molecule has 198 valence electrons. The summed E-state index contributed by atoms with van der Waals surface area (Å²) in [6, 6.07) is 3.41. The lowest BCUT2D eigenvalue weighted by molar-refractivity contribution is -0.145. The van der Waals surface area contributed by atoms with Crippen molar-refractivity contribution in [3.05, 3.63) is 41.5 Å². The summed E-state index contributed by atoms with van der Waals surface area (Å²) in [6.45, 7) is 3.42. The number of carbonyl (C=O) groups is 3. The van der Waals surface area contributed by atoms with Gasteiger partial charge in [-0.3, -0.25) is 14.4 Å². The van der Waals surface area contributed by atoms with Crippen LogP contribution in [0.1, 0.15) is 35.8 Å². The Balaban J connectivity index is 1.41. The smallest absolute Gasteiger partial charge is 0.311 e. The first-order valence-electron chi connectivity index (χ1n) is 11.9. The van der Waals surface area contributed by atoms with Gasteiger partial charge in [-0.05, 0) is 43.5 Å². The molecule has 3 amide bonds. The number of hydrogen-bond acceptors (Lipinski definition) is 6. The van der Waals surface area contributed by atoms with Crippen LogP contribution in [0.2, 0.25) is 0 Å². The minimum absolute atomic E-state index is 0.00936. The first kappa shape index (κ1) is 25.2. The first-order valence-corrected chi connectivity index (χ1v) is 13.4. The van der Waals surface area contributed by atoms with E-state index in [0.717, 1.165) is 12.8 Å². The Morgan fingerprint density at radius 1 is 1.24 bits per heavy atom. The maximum atomic E-state index is 13.6. The van der Waals surface area contributed by atoms with Gasteiger partial charge in [0.05, 0.1) is 6.61 Å².